The van der Waals surface area contributed by atoms with Gasteiger partial charge in [-0.2, -0.15) is 0 Å². The summed E-state index contributed by atoms with van der Waals surface area (Å²) < 4.78 is 11.2. The van der Waals surface area contributed by atoms with Crippen molar-refractivity contribution in [2.45, 2.75) is 51.9 Å². The lowest BCUT2D eigenvalue weighted by molar-refractivity contribution is 0.404. The van der Waals surface area contributed by atoms with Gasteiger partial charge in [0.2, 0.25) is 0 Å². The Morgan fingerprint density at radius 3 is 2.42 bits per heavy atom. The highest BCUT2D eigenvalue weighted by atomic mass is 16.5. The Labute approximate surface area is 153 Å². The molecule has 0 radical (unpaired) electrons. The van der Waals surface area contributed by atoms with Gasteiger partial charge in [-0.3, -0.25) is 0 Å². The van der Waals surface area contributed by atoms with E-state index >= 15 is 0 Å². The summed E-state index contributed by atoms with van der Waals surface area (Å²) >= 11 is 0. The molecule has 0 saturated heterocycles. The van der Waals surface area contributed by atoms with Crippen LogP contribution in [0.2, 0.25) is 0 Å². The third-order valence-corrected chi connectivity index (χ3v) is 5.06. The molecular weight excluding hydrogens is 324 g/mol. The van der Waals surface area contributed by atoms with Gasteiger partial charge < -0.3 is 9.05 Å². The number of aromatic nitrogens is 2. The smallest absolute Gasteiger partial charge is 0.170 e. The highest BCUT2D eigenvalue weighted by Crippen LogP contribution is 2.37. The van der Waals surface area contributed by atoms with Crippen molar-refractivity contribution in [3.63, 3.8) is 0 Å². The molecule has 0 saturated carbocycles. The van der Waals surface area contributed by atoms with Crippen LogP contribution in [-0.4, -0.2) is 10.3 Å². The first-order valence-corrected chi connectivity index (χ1v) is 8.99. The summed E-state index contributed by atoms with van der Waals surface area (Å²) in [6.45, 7) is 11.0. The molecule has 0 spiro atoms. The Bertz CT molecular complexity index is 1080. The molecule has 0 fully saturated rings. The Morgan fingerprint density at radius 1 is 0.885 bits per heavy atom. The molecule has 4 heteroatoms. The maximum atomic E-state index is 5.64. The number of rotatable bonds is 3. The van der Waals surface area contributed by atoms with Crippen LogP contribution in [0.5, 0.6) is 0 Å². The first-order chi connectivity index (χ1) is 12.3. The topological polar surface area (TPSA) is 52.1 Å². The van der Waals surface area contributed by atoms with Gasteiger partial charge in [0, 0.05) is 16.2 Å². The summed E-state index contributed by atoms with van der Waals surface area (Å²) in [5.41, 5.74) is 4.91. The van der Waals surface area contributed by atoms with Crippen molar-refractivity contribution in [1.82, 2.24) is 10.3 Å². The molecule has 2 aromatic heterocycles. The fourth-order valence-electron chi connectivity index (χ4n) is 3.74. The number of fused-ring (bicyclic) bond motifs is 2. The first kappa shape index (κ1) is 16.8. The van der Waals surface area contributed by atoms with Crippen LogP contribution in [0, 0.1) is 0 Å². The molecule has 0 unspecified atom stereocenters. The van der Waals surface area contributed by atoms with E-state index in [1.165, 1.54) is 5.56 Å². The van der Waals surface area contributed by atoms with Crippen LogP contribution in [-0.2, 0) is 17.3 Å². The highest BCUT2D eigenvalue weighted by molar-refractivity contribution is 5.84. The number of nitrogens with zero attached hydrogens (tertiary/aromatic N) is 2. The monoisotopic (exact) mass is 348 g/mol. The van der Waals surface area contributed by atoms with Gasteiger partial charge in [0.05, 0.1) is 11.9 Å². The maximum Gasteiger partial charge on any atom is 0.170 e. The van der Waals surface area contributed by atoms with Crippen molar-refractivity contribution >= 4 is 21.9 Å². The van der Waals surface area contributed by atoms with Crippen LogP contribution >= 0.6 is 0 Å². The van der Waals surface area contributed by atoms with Crippen LogP contribution in [0.25, 0.3) is 21.9 Å². The van der Waals surface area contributed by atoms with Crippen LogP contribution in [0.15, 0.2) is 51.6 Å². The van der Waals surface area contributed by atoms with E-state index in [0.717, 1.165) is 39.6 Å². The van der Waals surface area contributed by atoms with Crippen molar-refractivity contribution in [3.8, 4) is 0 Å². The van der Waals surface area contributed by atoms with Crippen LogP contribution in [0.3, 0.4) is 0 Å². The van der Waals surface area contributed by atoms with Gasteiger partial charge in [0.1, 0.15) is 0 Å². The van der Waals surface area contributed by atoms with E-state index in [4.69, 9.17) is 9.05 Å². The molecule has 26 heavy (non-hydrogen) atoms. The molecule has 0 aliphatic rings. The highest BCUT2D eigenvalue weighted by Gasteiger charge is 2.29. The molecule has 4 nitrogen and oxygen atoms in total. The second kappa shape index (κ2) is 5.70. The second-order valence-electron chi connectivity index (χ2n) is 8.68. The fraction of sp³-hybridized carbons (Fsp3) is 0.364. The quantitative estimate of drug-likeness (QED) is 0.470. The van der Waals surface area contributed by atoms with Gasteiger partial charge in [-0.05, 0) is 35.1 Å². The average Bonchev–Trinajstić information content (AvgIpc) is 3.21. The lowest BCUT2D eigenvalue weighted by Crippen LogP contribution is -2.21. The molecule has 0 atom stereocenters. The van der Waals surface area contributed by atoms with Gasteiger partial charge >= 0.3 is 0 Å². The molecule has 0 aliphatic carbocycles. The van der Waals surface area contributed by atoms with Crippen molar-refractivity contribution in [1.29, 1.82) is 0 Å². The lowest BCUT2D eigenvalue weighted by atomic mass is 9.79. The molecule has 4 aromatic rings. The lowest BCUT2D eigenvalue weighted by Gasteiger charge is -2.24. The van der Waals surface area contributed by atoms with Gasteiger partial charge in [-0.15, -0.1) is 0 Å². The molecule has 0 bridgehead atoms. The average molecular weight is 348 g/mol. The molecule has 0 aliphatic heterocycles. The van der Waals surface area contributed by atoms with Crippen LogP contribution in [0.1, 0.15) is 51.4 Å². The zero-order valence-corrected chi connectivity index (χ0v) is 16.0. The van der Waals surface area contributed by atoms with Gasteiger partial charge in [0.25, 0.3) is 0 Å². The van der Waals surface area contributed by atoms with E-state index < -0.39 is 0 Å². The molecule has 2 aromatic carbocycles. The summed E-state index contributed by atoms with van der Waals surface area (Å²) in [6.07, 6.45) is 2.62. The van der Waals surface area contributed by atoms with E-state index in [-0.39, 0.29) is 10.8 Å². The summed E-state index contributed by atoms with van der Waals surface area (Å²) in [7, 11) is 0. The van der Waals surface area contributed by atoms with Crippen molar-refractivity contribution in [2.24, 2.45) is 0 Å². The van der Waals surface area contributed by atoms with Crippen molar-refractivity contribution in [3.05, 3.63) is 59.4 Å². The maximum absolute atomic E-state index is 5.64. The van der Waals surface area contributed by atoms with Crippen LogP contribution < -0.4 is 0 Å². The normalized spacial score (nSPS) is 13.0. The minimum Gasteiger partial charge on any atom is -0.356 e. The van der Waals surface area contributed by atoms with E-state index in [1.807, 2.05) is 24.4 Å². The van der Waals surface area contributed by atoms with E-state index in [1.54, 1.807) is 0 Å². The first-order valence-electron chi connectivity index (χ1n) is 8.99. The minimum atomic E-state index is -0.199. The Kier molecular flexibility index (Phi) is 3.69. The molecule has 0 amide bonds. The summed E-state index contributed by atoms with van der Waals surface area (Å²) in [5.74, 6) is 0. The third kappa shape index (κ3) is 2.70. The molecule has 0 N–H and O–H groups in total. The van der Waals surface area contributed by atoms with Crippen molar-refractivity contribution < 1.29 is 9.05 Å². The fourth-order valence-corrected chi connectivity index (χ4v) is 3.74. The van der Waals surface area contributed by atoms with E-state index in [9.17, 15) is 0 Å². The number of hydrogen-bond acceptors (Lipinski definition) is 4. The summed E-state index contributed by atoms with van der Waals surface area (Å²) in [4.78, 5) is 0. The van der Waals surface area contributed by atoms with E-state index in [2.05, 4.69) is 63.1 Å². The second-order valence-corrected chi connectivity index (χ2v) is 8.68. The Balaban J connectivity index is 1.78. The van der Waals surface area contributed by atoms with Crippen LogP contribution in [0.4, 0.5) is 0 Å². The van der Waals surface area contributed by atoms with Gasteiger partial charge in [-0.1, -0.05) is 69.2 Å². The SMILES string of the molecule is CC(C)(C)c1ccc(CC(C)(C)c2noc3ccccc23)c2oncc12. The third-order valence-electron chi connectivity index (χ3n) is 5.06. The number of para-hydroxylation sites is 1. The standard InChI is InChI=1S/C22H24N2O2/c1-21(2,3)17-11-10-14(19-16(17)13-23-26-19)12-22(4,5)20-15-8-6-7-9-18(15)25-24-20/h6-11,13H,12H2,1-5H3. The Hall–Kier alpha value is -2.62. The van der Waals surface area contributed by atoms with Gasteiger partial charge in [0.15, 0.2) is 11.2 Å². The number of hydrogen-bond donors (Lipinski definition) is 0. The van der Waals surface area contributed by atoms with Crippen molar-refractivity contribution in [2.75, 3.05) is 0 Å². The predicted octanol–water partition coefficient (Wildman–Crippen LogP) is 5.79. The van der Waals surface area contributed by atoms with E-state index in [0.29, 0.717) is 0 Å². The molecular formula is C22H24N2O2. The minimum absolute atomic E-state index is 0.0418. The van der Waals surface area contributed by atoms with Gasteiger partial charge in [-0.25, -0.2) is 0 Å². The Morgan fingerprint density at radius 2 is 1.65 bits per heavy atom. The zero-order valence-electron chi connectivity index (χ0n) is 16.0. The summed E-state index contributed by atoms with van der Waals surface area (Å²) in [5, 5.41) is 10.6. The summed E-state index contributed by atoms with van der Waals surface area (Å²) in [6, 6.07) is 12.4. The molecule has 2 heterocycles. The predicted molar refractivity (Wildman–Crippen MR) is 103 cm³/mol. The largest absolute Gasteiger partial charge is 0.356 e. The zero-order chi connectivity index (χ0) is 18.5. The molecule has 4 rings (SSSR count). The molecule has 134 valence electrons. The number of benzene rings is 2.